The maximum atomic E-state index is 10.4. The van der Waals surface area contributed by atoms with Gasteiger partial charge in [-0.3, -0.25) is 4.79 Å². The highest BCUT2D eigenvalue weighted by Gasteiger charge is 2.10. The molecule has 1 aromatic carbocycles. The molecule has 0 radical (unpaired) electrons. The molecule has 0 saturated heterocycles. The molecule has 5 heteroatoms. The Kier molecular flexibility index (Phi) is 5.89. The van der Waals surface area contributed by atoms with Crippen molar-refractivity contribution in [1.82, 2.24) is 0 Å². The number of rotatable bonds is 3. The SMILES string of the molecule is NC(Cc1ccccc1)C(=O)O.O=O. The molecule has 0 amide bonds. The summed E-state index contributed by atoms with van der Waals surface area (Å²) in [6.45, 7) is 0. The van der Waals surface area contributed by atoms with Crippen LogP contribution < -0.4 is 5.73 Å². The van der Waals surface area contributed by atoms with Crippen molar-refractivity contribution >= 4 is 5.97 Å². The topological polar surface area (TPSA) is 97.5 Å². The average molecular weight is 197 g/mol. The van der Waals surface area contributed by atoms with E-state index in [1.807, 2.05) is 30.3 Å². The highest BCUT2D eigenvalue weighted by atomic mass is 16.7. The molecule has 5 nitrogen and oxygen atoms in total. The Morgan fingerprint density at radius 1 is 1.29 bits per heavy atom. The molecule has 0 bridgehead atoms. The molecular weight excluding hydrogens is 186 g/mol. The molecule has 0 aliphatic heterocycles. The smallest absolute Gasteiger partial charge is 0.320 e. The molecule has 1 unspecified atom stereocenters. The highest BCUT2D eigenvalue weighted by Crippen LogP contribution is 2.01. The molecule has 0 aromatic heterocycles. The van der Waals surface area contributed by atoms with Crippen LogP contribution in [0.3, 0.4) is 0 Å². The van der Waals surface area contributed by atoms with Gasteiger partial charge in [0.2, 0.25) is 0 Å². The van der Waals surface area contributed by atoms with Gasteiger partial charge in [0.25, 0.3) is 0 Å². The third-order valence-corrected chi connectivity index (χ3v) is 1.62. The van der Waals surface area contributed by atoms with Crippen LogP contribution in [-0.2, 0) is 11.2 Å². The van der Waals surface area contributed by atoms with Crippen LogP contribution in [-0.4, -0.2) is 17.1 Å². The van der Waals surface area contributed by atoms with E-state index in [1.165, 1.54) is 0 Å². The van der Waals surface area contributed by atoms with Crippen molar-refractivity contribution in [2.24, 2.45) is 5.73 Å². The van der Waals surface area contributed by atoms with Crippen molar-refractivity contribution in [2.75, 3.05) is 0 Å². The highest BCUT2D eigenvalue weighted by molar-refractivity contribution is 5.73. The van der Waals surface area contributed by atoms with Crippen LogP contribution in [0.4, 0.5) is 0 Å². The Bertz CT molecular complexity index is 275. The molecule has 0 spiro atoms. The van der Waals surface area contributed by atoms with E-state index in [1.54, 1.807) is 0 Å². The summed E-state index contributed by atoms with van der Waals surface area (Å²) in [6.07, 6.45) is 0.385. The van der Waals surface area contributed by atoms with Gasteiger partial charge in [0.1, 0.15) is 6.04 Å². The van der Waals surface area contributed by atoms with Crippen LogP contribution in [0.1, 0.15) is 5.56 Å². The maximum absolute atomic E-state index is 10.4. The minimum Gasteiger partial charge on any atom is -0.480 e. The van der Waals surface area contributed by atoms with E-state index in [0.717, 1.165) is 5.56 Å². The monoisotopic (exact) mass is 197 g/mol. The molecule has 0 aliphatic rings. The second-order valence-electron chi connectivity index (χ2n) is 2.63. The number of hydrogen-bond donors (Lipinski definition) is 2. The second-order valence-corrected chi connectivity index (χ2v) is 2.63. The minimum absolute atomic E-state index is 0.385. The lowest BCUT2D eigenvalue weighted by atomic mass is 10.1. The van der Waals surface area contributed by atoms with Gasteiger partial charge in [-0.1, -0.05) is 30.3 Å². The van der Waals surface area contributed by atoms with Gasteiger partial charge in [-0.25, -0.2) is 0 Å². The predicted octanol–water partition coefficient (Wildman–Crippen LogP) is 0.708. The van der Waals surface area contributed by atoms with Crippen LogP contribution in [0.5, 0.6) is 0 Å². The Labute approximate surface area is 80.8 Å². The first-order valence-electron chi connectivity index (χ1n) is 3.89. The third-order valence-electron chi connectivity index (χ3n) is 1.62. The van der Waals surface area contributed by atoms with E-state index in [0.29, 0.717) is 6.42 Å². The Balaban J connectivity index is 0.000000791. The maximum Gasteiger partial charge on any atom is 0.320 e. The zero-order chi connectivity index (χ0) is 11.0. The van der Waals surface area contributed by atoms with Gasteiger partial charge in [-0.05, 0) is 12.0 Å². The van der Waals surface area contributed by atoms with Crippen LogP contribution >= 0.6 is 0 Å². The van der Waals surface area contributed by atoms with Crippen molar-refractivity contribution in [3.05, 3.63) is 45.8 Å². The van der Waals surface area contributed by atoms with Crippen molar-refractivity contribution in [3.8, 4) is 0 Å². The molecule has 0 fully saturated rings. The zero-order valence-electron chi connectivity index (χ0n) is 7.42. The Hall–Kier alpha value is -1.75. The van der Waals surface area contributed by atoms with Crippen LogP contribution in [0, 0.1) is 9.93 Å². The number of benzene rings is 1. The Morgan fingerprint density at radius 3 is 2.21 bits per heavy atom. The van der Waals surface area contributed by atoms with Crippen molar-refractivity contribution in [2.45, 2.75) is 12.5 Å². The standard InChI is InChI=1S/C9H11NO2.O2/c10-8(9(11)12)6-7-4-2-1-3-5-7;1-2/h1-5,8H,6,10H2,(H,11,12);. The largest absolute Gasteiger partial charge is 0.480 e. The lowest BCUT2D eigenvalue weighted by molar-refractivity contribution is -0.138. The lowest BCUT2D eigenvalue weighted by Gasteiger charge is -2.04. The predicted molar refractivity (Wildman–Crippen MR) is 52.5 cm³/mol. The van der Waals surface area contributed by atoms with Crippen molar-refractivity contribution in [3.63, 3.8) is 0 Å². The first kappa shape index (κ1) is 12.2. The van der Waals surface area contributed by atoms with E-state index in [4.69, 9.17) is 20.8 Å². The quantitative estimate of drug-likeness (QED) is 0.743. The van der Waals surface area contributed by atoms with Crippen molar-refractivity contribution < 1.29 is 9.90 Å². The summed E-state index contributed by atoms with van der Waals surface area (Å²) in [5.41, 5.74) is 6.30. The summed E-state index contributed by atoms with van der Waals surface area (Å²) >= 11 is 0. The zero-order valence-corrected chi connectivity index (χ0v) is 7.42. The number of carboxylic acid groups (broad SMARTS) is 1. The molecule has 1 aromatic rings. The van der Waals surface area contributed by atoms with E-state index in [9.17, 15) is 4.79 Å². The van der Waals surface area contributed by atoms with Gasteiger partial charge in [0.05, 0.1) is 0 Å². The summed E-state index contributed by atoms with van der Waals surface area (Å²) in [4.78, 5) is 24.4. The molecule has 14 heavy (non-hydrogen) atoms. The van der Waals surface area contributed by atoms with E-state index in [-0.39, 0.29) is 0 Å². The van der Waals surface area contributed by atoms with Gasteiger partial charge in [-0.2, -0.15) is 0 Å². The number of aliphatic carboxylic acids is 1. The fourth-order valence-electron chi connectivity index (χ4n) is 0.955. The first-order valence-corrected chi connectivity index (χ1v) is 3.89. The second kappa shape index (κ2) is 6.73. The minimum atomic E-state index is -0.959. The van der Waals surface area contributed by atoms with E-state index >= 15 is 0 Å². The van der Waals surface area contributed by atoms with Crippen LogP contribution in [0.15, 0.2) is 30.3 Å². The van der Waals surface area contributed by atoms with Gasteiger partial charge in [-0.15, -0.1) is 0 Å². The summed E-state index contributed by atoms with van der Waals surface area (Å²) in [6, 6.07) is 8.54. The molecule has 0 heterocycles. The third kappa shape index (κ3) is 4.32. The molecular formula is C9H11NO4. The molecule has 76 valence electrons. The van der Waals surface area contributed by atoms with E-state index in [2.05, 4.69) is 0 Å². The summed E-state index contributed by atoms with van der Waals surface area (Å²) in [5, 5.41) is 8.52. The van der Waals surface area contributed by atoms with Gasteiger partial charge >= 0.3 is 5.97 Å². The fraction of sp³-hybridized carbons (Fsp3) is 0.222. The fourth-order valence-corrected chi connectivity index (χ4v) is 0.955. The number of hydrogen-bond acceptors (Lipinski definition) is 4. The van der Waals surface area contributed by atoms with Gasteiger partial charge in [0.15, 0.2) is 0 Å². The molecule has 1 atom stereocenters. The molecule has 0 aliphatic carbocycles. The normalized spacial score (nSPS) is 10.9. The van der Waals surface area contributed by atoms with Crippen LogP contribution in [0.25, 0.3) is 0 Å². The Morgan fingerprint density at radius 2 is 1.79 bits per heavy atom. The number of nitrogens with two attached hydrogens (primary N) is 1. The summed E-state index contributed by atoms with van der Waals surface area (Å²) in [7, 11) is 0. The van der Waals surface area contributed by atoms with Gasteiger partial charge < -0.3 is 10.8 Å². The lowest BCUT2D eigenvalue weighted by Crippen LogP contribution is -2.32. The molecule has 1 rings (SSSR count). The number of carboxylic acids is 1. The average Bonchev–Trinajstić information content (AvgIpc) is 2.22. The first-order chi connectivity index (χ1) is 6.70. The molecule has 0 saturated carbocycles. The van der Waals surface area contributed by atoms with Gasteiger partial charge in [0, 0.05) is 9.93 Å². The van der Waals surface area contributed by atoms with Crippen LogP contribution in [0.2, 0.25) is 0 Å². The van der Waals surface area contributed by atoms with E-state index < -0.39 is 12.0 Å². The number of carbonyl (C=O) groups is 1. The summed E-state index contributed by atoms with van der Waals surface area (Å²) in [5.74, 6) is -0.959. The molecule has 3 N–H and O–H groups in total. The summed E-state index contributed by atoms with van der Waals surface area (Å²) < 4.78 is 0. The van der Waals surface area contributed by atoms with Crippen molar-refractivity contribution in [1.29, 1.82) is 0 Å².